The van der Waals surface area contributed by atoms with Crippen LogP contribution in [0.4, 0.5) is 0 Å². The van der Waals surface area contributed by atoms with Gasteiger partial charge in [-0.15, -0.1) is 0 Å². The summed E-state index contributed by atoms with van der Waals surface area (Å²) in [6.07, 6.45) is 0.963. The van der Waals surface area contributed by atoms with Crippen molar-refractivity contribution >= 4 is 10.8 Å². The normalized spacial score (nSPS) is 12.4. The lowest BCUT2D eigenvalue weighted by atomic mass is 9.91. The predicted octanol–water partition coefficient (Wildman–Crippen LogP) is 5.34. The van der Waals surface area contributed by atoms with Crippen molar-refractivity contribution in [2.75, 3.05) is 14.2 Å². The second-order valence-corrected chi connectivity index (χ2v) is 7.60. The number of benzene rings is 3. The van der Waals surface area contributed by atoms with Crippen LogP contribution < -0.4 is 14.0 Å². The molecule has 0 unspecified atom stereocenters. The lowest BCUT2D eigenvalue weighted by Gasteiger charge is -2.21. The number of rotatable bonds is 3. The van der Waals surface area contributed by atoms with Crippen LogP contribution in [0.25, 0.3) is 33.3 Å². The first-order valence-corrected chi connectivity index (χ1v) is 9.97. The van der Waals surface area contributed by atoms with Crippen molar-refractivity contribution in [3.05, 3.63) is 77.9 Å². The molecule has 3 heteroatoms. The Kier molecular flexibility index (Phi) is 4.24. The fourth-order valence-electron chi connectivity index (χ4n) is 4.40. The molecule has 144 valence electrons. The minimum absolute atomic E-state index is 0.768. The molecule has 0 atom stereocenters. The van der Waals surface area contributed by atoms with Gasteiger partial charge in [-0.2, -0.15) is 4.57 Å². The van der Waals surface area contributed by atoms with Crippen LogP contribution in [-0.2, 0) is 13.0 Å². The van der Waals surface area contributed by atoms with E-state index in [1.165, 1.54) is 44.4 Å². The summed E-state index contributed by atoms with van der Waals surface area (Å²) in [7, 11) is 3.39. The summed E-state index contributed by atoms with van der Waals surface area (Å²) in [5.41, 5.74) is 7.54. The van der Waals surface area contributed by atoms with E-state index in [0.717, 1.165) is 24.5 Å². The third-order valence-electron chi connectivity index (χ3n) is 5.89. The average Bonchev–Trinajstić information content (AvgIpc) is 2.77. The minimum atomic E-state index is 0.768. The van der Waals surface area contributed by atoms with Crippen LogP contribution in [0.1, 0.15) is 11.1 Å². The summed E-state index contributed by atoms with van der Waals surface area (Å²) >= 11 is 0. The van der Waals surface area contributed by atoms with E-state index >= 15 is 0 Å². The molecular formula is C26H24NO2+. The van der Waals surface area contributed by atoms with Gasteiger partial charge in [-0.05, 0) is 48.2 Å². The van der Waals surface area contributed by atoms with Crippen molar-refractivity contribution in [2.24, 2.45) is 0 Å². The Balaban J connectivity index is 1.85. The summed E-state index contributed by atoms with van der Waals surface area (Å²) in [5, 5.41) is 2.51. The highest BCUT2D eigenvalue weighted by atomic mass is 16.5. The average molecular weight is 382 g/mol. The highest BCUT2D eigenvalue weighted by Crippen LogP contribution is 2.40. The van der Waals surface area contributed by atoms with E-state index < -0.39 is 0 Å². The van der Waals surface area contributed by atoms with Crippen molar-refractivity contribution in [3.8, 4) is 34.0 Å². The fraction of sp³-hybridized carbons (Fsp3) is 0.192. The first kappa shape index (κ1) is 17.7. The van der Waals surface area contributed by atoms with Gasteiger partial charge in [0.2, 0.25) is 11.4 Å². The molecule has 0 saturated carbocycles. The molecule has 0 radical (unpaired) electrons. The third-order valence-corrected chi connectivity index (χ3v) is 5.89. The number of ether oxygens (including phenoxy) is 2. The lowest BCUT2D eigenvalue weighted by molar-refractivity contribution is -0.675. The number of fused-ring (bicyclic) bond motifs is 5. The number of hydrogen-bond donors (Lipinski definition) is 0. The largest absolute Gasteiger partial charge is 0.493 e. The van der Waals surface area contributed by atoms with Crippen LogP contribution >= 0.6 is 0 Å². The lowest BCUT2D eigenvalue weighted by Crippen LogP contribution is -2.42. The van der Waals surface area contributed by atoms with Crippen LogP contribution in [0.15, 0.2) is 66.7 Å². The molecule has 0 amide bonds. The van der Waals surface area contributed by atoms with Crippen molar-refractivity contribution in [2.45, 2.75) is 19.9 Å². The molecule has 1 aliphatic heterocycles. The molecule has 0 fully saturated rings. The first-order valence-electron chi connectivity index (χ1n) is 9.97. The molecule has 0 saturated heterocycles. The van der Waals surface area contributed by atoms with Crippen LogP contribution in [0.2, 0.25) is 0 Å². The fourth-order valence-corrected chi connectivity index (χ4v) is 4.40. The summed E-state index contributed by atoms with van der Waals surface area (Å²) in [5.74, 6) is 1.56. The Labute approximate surface area is 171 Å². The maximum atomic E-state index is 5.62. The van der Waals surface area contributed by atoms with Gasteiger partial charge in [0.15, 0.2) is 18.0 Å². The number of pyridine rings is 1. The van der Waals surface area contributed by atoms with Crippen LogP contribution in [-0.4, -0.2) is 14.2 Å². The van der Waals surface area contributed by atoms with E-state index in [1.807, 2.05) is 0 Å². The highest BCUT2D eigenvalue weighted by Gasteiger charge is 2.30. The summed E-state index contributed by atoms with van der Waals surface area (Å²) < 4.78 is 13.6. The van der Waals surface area contributed by atoms with Gasteiger partial charge in [0.25, 0.3) is 0 Å². The Morgan fingerprint density at radius 2 is 1.55 bits per heavy atom. The molecule has 2 heterocycles. The zero-order chi connectivity index (χ0) is 20.0. The number of hydrogen-bond acceptors (Lipinski definition) is 2. The Bertz CT molecular complexity index is 1230. The monoisotopic (exact) mass is 382 g/mol. The minimum Gasteiger partial charge on any atom is -0.493 e. The van der Waals surface area contributed by atoms with Gasteiger partial charge in [0.1, 0.15) is 0 Å². The van der Waals surface area contributed by atoms with Gasteiger partial charge in [-0.3, -0.25) is 0 Å². The van der Waals surface area contributed by atoms with E-state index in [2.05, 4.69) is 78.2 Å². The van der Waals surface area contributed by atoms with Crippen molar-refractivity contribution in [3.63, 3.8) is 0 Å². The number of aromatic nitrogens is 1. The summed E-state index contributed by atoms with van der Waals surface area (Å²) in [6, 6.07) is 24.0. The standard InChI is InChI=1S/C26H24NO2/c1-17-8-10-18(11-9-17)23-14-19-6-4-5-7-21(19)26-22-16-25(29-3)24(28-2)15-20(22)12-13-27(23)26/h4-11,14-16H,12-13H2,1-3H3/q+1. The molecule has 3 aromatic carbocycles. The molecule has 0 bridgehead atoms. The second kappa shape index (κ2) is 6.93. The van der Waals surface area contributed by atoms with Gasteiger partial charge < -0.3 is 9.47 Å². The Morgan fingerprint density at radius 3 is 2.31 bits per heavy atom. The smallest absolute Gasteiger partial charge is 0.221 e. The van der Waals surface area contributed by atoms with Crippen molar-refractivity contribution < 1.29 is 14.0 Å². The van der Waals surface area contributed by atoms with E-state index in [4.69, 9.17) is 9.47 Å². The van der Waals surface area contributed by atoms with Gasteiger partial charge in [0, 0.05) is 18.1 Å². The number of nitrogens with zero attached hydrogens (tertiary/aromatic N) is 1. The molecule has 3 nitrogen and oxygen atoms in total. The summed E-state index contributed by atoms with van der Waals surface area (Å²) in [6.45, 7) is 3.06. The van der Waals surface area contributed by atoms with E-state index in [0.29, 0.717) is 0 Å². The Morgan fingerprint density at radius 1 is 0.828 bits per heavy atom. The Hall–Kier alpha value is -3.33. The molecule has 0 N–H and O–H groups in total. The number of methoxy groups -OCH3 is 2. The van der Waals surface area contributed by atoms with Crippen LogP contribution in [0.3, 0.4) is 0 Å². The van der Waals surface area contributed by atoms with E-state index in [1.54, 1.807) is 14.2 Å². The molecule has 29 heavy (non-hydrogen) atoms. The summed E-state index contributed by atoms with van der Waals surface area (Å²) in [4.78, 5) is 0. The molecule has 4 aromatic rings. The van der Waals surface area contributed by atoms with Gasteiger partial charge in [-0.1, -0.05) is 35.9 Å². The maximum absolute atomic E-state index is 5.62. The van der Waals surface area contributed by atoms with Gasteiger partial charge >= 0.3 is 0 Å². The highest BCUT2D eigenvalue weighted by molar-refractivity contribution is 5.96. The molecule has 5 rings (SSSR count). The molecule has 1 aromatic heterocycles. The molecule has 0 aliphatic carbocycles. The maximum Gasteiger partial charge on any atom is 0.221 e. The zero-order valence-corrected chi connectivity index (χ0v) is 17.0. The third kappa shape index (κ3) is 2.85. The van der Waals surface area contributed by atoms with Gasteiger partial charge in [0.05, 0.1) is 25.2 Å². The van der Waals surface area contributed by atoms with Crippen LogP contribution in [0.5, 0.6) is 11.5 Å². The molecule has 0 spiro atoms. The van der Waals surface area contributed by atoms with Crippen molar-refractivity contribution in [1.29, 1.82) is 0 Å². The SMILES string of the molecule is COc1cc2c(cc1OC)-c1c3ccccc3cc(-c3ccc(C)cc3)[n+]1CC2. The molecular weight excluding hydrogens is 358 g/mol. The zero-order valence-electron chi connectivity index (χ0n) is 17.0. The number of aryl methyl sites for hydroxylation is 2. The first-order chi connectivity index (χ1) is 14.2. The van der Waals surface area contributed by atoms with Crippen molar-refractivity contribution in [1.82, 2.24) is 0 Å². The van der Waals surface area contributed by atoms with E-state index in [9.17, 15) is 0 Å². The van der Waals surface area contributed by atoms with Crippen LogP contribution in [0, 0.1) is 6.92 Å². The molecule has 1 aliphatic rings. The van der Waals surface area contributed by atoms with E-state index in [-0.39, 0.29) is 0 Å². The topological polar surface area (TPSA) is 22.3 Å². The second-order valence-electron chi connectivity index (χ2n) is 7.60. The predicted molar refractivity (Wildman–Crippen MR) is 117 cm³/mol. The van der Waals surface area contributed by atoms with Gasteiger partial charge in [-0.25, -0.2) is 0 Å². The quantitative estimate of drug-likeness (QED) is 0.446.